The van der Waals surface area contributed by atoms with Gasteiger partial charge < -0.3 is 19.7 Å². The number of morpholine rings is 1. The Balaban J connectivity index is 0.00000320. The van der Waals surface area contributed by atoms with Gasteiger partial charge >= 0.3 is 0 Å². The summed E-state index contributed by atoms with van der Waals surface area (Å²) in [6.07, 6.45) is 0. The topological polar surface area (TPSA) is 49.3 Å². The normalized spacial score (nSPS) is 14.7. The van der Waals surface area contributed by atoms with Gasteiger partial charge in [-0.15, -0.1) is 24.0 Å². The summed E-state index contributed by atoms with van der Waals surface area (Å²) in [5.74, 6) is 1.78. The van der Waals surface area contributed by atoms with Crippen LogP contribution in [0.15, 0.2) is 59.6 Å². The van der Waals surface area contributed by atoms with E-state index >= 15 is 0 Å². The number of hydrogen-bond donors (Lipinski definition) is 1. The van der Waals surface area contributed by atoms with Gasteiger partial charge in [-0.05, 0) is 11.6 Å². The second kappa shape index (κ2) is 13.5. The van der Waals surface area contributed by atoms with Crippen molar-refractivity contribution in [3.8, 4) is 5.75 Å². The number of rotatable bonds is 8. The second-order valence-corrected chi connectivity index (χ2v) is 7.15. The summed E-state index contributed by atoms with van der Waals surface area (Å²) in [5, 5.41) is 3.45. The standard InChI is InChI=1S/C23H32N4O2.HI/c1-24-23(26(2)19-20-8-4-3-5-9-20)25-18-21-10-6-7-11-22(21)29-17-14-27-12-15-28-16-13-27;/h3-11H,12-19H2,1-2H3,(H,24,25);1H. The molecule has 0 aliphatic carbocycles. The highest BCUT2D eigenvalue weighted by Gasteiger charge is 2.11. The highest BCUT2D eigenvalue weighted by atomic mass is 127. The van der Waals surface area contributed by atoms with Crippen molar-refractivity contribution >= 4 is 29.9 Å². The number of aliphatic imine (C=N–C) groups is 1. The molecule has 30 heavy (non-hydrogen) atoms. The molecule has 1 N–H and O–H groups in total. The molecule has 1 aliphatic heterocycles. The lowest BCUT2D eigenvalue weighted by molar-refractivity contribution is 0.0322. The lowest BCUT2D eigenvalue weighted by Crippen LogP contribution is -2.39. The third-order valence-electron chi connectivity index (χ3n) is 5.01. The molecule has 2 aromatic rings. The van der Waals surface area contributed by atoms with Gasteiger partial charge in [-0.25, -0.2) is 0 Å². The summed E-state index contributed by atoms with van der Waals surface area (Å²) in [5.41, 5.74) is 2.38. The number of guanidine groups is 1. The molecule has 0 bridgehead atoms. The van der Waals surface area contributed by atoms with Gasteiger partial charge in [-0.3, -0.25) is 9.89 Å². The average molecular weight is 524 g/mol. The van der Waals surface area contributed by atoms with E-state index in [0.717, 1.165) is 56.7 Å². The van der Waals surface area contributed by atoms with Crippen LogP contribution in [-0.2, 0) is 17.8 Å². The Morgan fingerprint density at radius 2 is 1.80 bits per heavy atom. The van der Waals surface area contributed by atoms with Crippen molar-refractivity contribution in [3.05, 3.63) is 65.7 Å². The first-order valence-corrected chi connectivity index (χ1v) is 10.2. The summed E-state index contributed by atoms with van der Waals surface area (Å²) in [4.78, 5) is 8.93. The summed E-state index contributed by atoms with van der Waals surface area (Å²) in [6, 6.07) is 18.6. The fraction of sp³-hybridized carbons (Fsp3) is 0.435. The van der Waals surface area contributed by atoms with Crippen molar-refractivity contribution in [2.45, 2.75) is 13.1 Å². The van der Waals surface area contributed by atoms with Crippen LogP contribution in [0.4, 0.5) is 0 Å². The number of halogens is 1. The molecular weight excluding hydrogens is 491 g/mol. The Morgan fingerprint density at radius 1 is 1.10 bits per heavy atom. The highest BCUT2D eigenvalue weighted by molar-refractivity contribution is 14.0. The third-order valence-corrected chi connectivity index (χ3v) is 5.01. The van der Waals surface area contributed by atoms with E-state index in [2.05, 4.69) is 50.4 Å². The second-order valence-electron chi connectivity index (χ2n) is 7.15. The summed E-state index contributed by atoms with van der Waals surface area (Å²) < 4.78 is 11.5. The van der Waals surface area contributed by atoms with Gasteiger partial charge in [0, 0.05) is 52.4 Å². The first-order chi connectivity index (χ1) is 14.3. The molecule has 1 saturated heterocycles. The SMILES string of the molecule is CN=C(NCc1ccccc1OCCN1CCOCC1)N(C)Cc1ccccc1.I. The number of ether oxygens (including phenoxy) is 2. The molecule has 2 aromatic carbocycles. The van der Waals surface area contributed by atoms with Crippen molar-refractivity contribution in [1.82, 2.24) is 15.1 Å². The number of para-hydroxylation sites is 1. The maximum Gasteiger partial charge on any atom is 0.193 e. The minimum Gasteiger partial charge on any atom is -0.492 e. The van der Waals surface area contributed by atoms with Gasteiger partial charge in [0.05, 0.1) is 13.2 Å². The summed E-state index contributed by atoms with van der Waals surface area (Å²) in [7, 11) is 3.86. The van der Waals surface area contributed by atoms with Crippen molar-refractivity contribution in [1.29, 1.82) is 0 Å². The number of nitrogens with one attached hydrogen (secondary N) is 1. The maximum absolute atomic E-state index is 6.09. The largest absolute Gasteiger partial charge is 0.492 e. The molecule has 0 spiro atoms. The molecule has 6 nitrogen and oxygen atoms in total. The zero-order chi connectivity index (χ0) is 20.3. The predicted molar refractivity (Wildman–Crippen MR) is 133 cm³/mol. The van der Waals surface area contributed by atoms with Crippen LogP contribution >= 0.6 is 24.0 Å². The van der Waals surface area contributed by atoms with E-state index < -0.39 is 0 Å². The quantitative estimate of drug-likeness (QED) is 0.327. The van der Waals surface area contributed by atoms with E-state index in [0.29, 0.717) is 13.2 Å². The molecular formula is C23H33IN4O2. The monoisotopic (exact) mass is 524 g/mol. The van der Waals surface area contributed by atoms with Gasteiger partial charge in [0.2, 0.25) is 0 Å². The van der Waals surface area contributed by atoms with Gasteiger partial charge in [-0.1, -0.05) is 48.5 Å². The molecule has 0 saturated carbocycles. The molecule has 164 valence electrons. The summed E-state index contributed by atoms with van der Waals surface area (Å²) >= 11 is 0. The Labute approximate surface area is 197 Å². The van der Waals surface area contributed by atoms with Crippen LogP contribution in [0.3, 0.4) is 0 Å². The molecule has 3 rings (SSSR count). The van der Waals surface area contributed by atoms with Crippen molar-refractivity contribution < 1.29 is 9.47 Å². The van der Waals surface area contributed by atoms with Crippen molar-refractivity contribution in [2.24, 2.45) is 4.99 Å². The molecule has 0 radical (unpaired) electrons. The zero-order valence-corrected chi connectivity index (χ0v) is 20.2. The molecule has 1 heterocycles. The minimum absolute atomic E-state index is 0. The Bertz CT molecular complexity index is 767. The maximum atomic E-state index is 6.09. The number of hydrogen-bond acceptors (Lipinski definition) is 4. The molecule has 7 heteroatoms. The molecule has 1 fully saturated rings. The van der Waals surface area contributed by atoms with Crippen LogP contribution in [0.5, 0.6) is 5.75 Å². The first-order valence-electron chi connectivity index (χ1n) is 10.2. The van der Waals surface area contributed by atoms with Gasteiger partial charge in [0.1, 0.15) is 12.4 Å². The average Bonchev–Trinajstić information content (AvgIpc) is 2.76. The fourth-order valence-electron chi connectivity index (χ4n) is 3.39. The predicted octanol–water partition coefficient (Wildman–Crippen LogP) is 3.22. The van der Waals surface area contributed by atoms with E-state index in [9.17, 15) is 0 Å². The van der Waals surface area contributed by atoms with E-state index in [1.54, 1.807) is 0 Å². The molecule has 0 amide bonds. The zero-order valence-electron chi connectivity index (χ0n) is 17.9. The minimum atomic E-state index is 0. The van der Waals surface area contributed by atoms with Gasteiger partial charge in [0.15, 0.2) is 5.96 Å². The molecule has 0 atom stereocenters. The Hall–Kier alpha value is -1.84. The van der Waals surface area contributed by atoms with Crippen LogP contribution in [0.1, 0.15) is 11.1 Å². The lowest BCUT2D eigenvalue weighted by atomic mass is 10.2. The van der Waals surface area contributed by atoms with Crippen LogP contribution in [0, 0.1) is 0 Å². The smallest absolute Gasteiger partial charge is 0.193 e. The van der Waals surface area contributed by atoms with E-state index in [1.807, 2.05) is 38.4 Å². The lowest BCUT2D eigenvalue weighted by Gasteiger charge is -2.26. The third kappa shape index (κ3) is 7.77. The summed E-state index contributed by atoms with van der Waals surface area (Å²) in [6.45, 7) is 6.67. The van der Waals surface area contributed by atoms with Crippen LogP contribution in [-0.4, -0.2) is 69.3 Å². The molecule has 0 aromatic heterocycles. The highest BCUT2D eigenvalue weighted by Crippen LogP contribution is 2.18. The van der Waals surface area contributed by atoms with E-state index in [-0.39, 0.29) is 24.0 Å². The van der Waals surface area contributed by atoms with Gasteiger partial charge in [0.25, 0.3) is 0 Å². The number of benzene rings is 2. The van der Waals surface area contributed by atoms with E-state index in [4.69, 9.17) is 9.47 Å². The Kier molecular flexibility index (Phi) is 11.0. The van der Waals surface area contributed by atoms with Crippen molar-refractivity contribution in [2.75, 3.05) is 53.6 Å². The van der Waals surface area contributed by atoms with Crippen molar-refractivity contribution in [3.63, 3.8) is 0 Å². The van der Waals surface area contributed by atoms with Crippen LogP contribution < -0.4 is 10.1 Å². The first kappa shape index (κ1) is 24.4. The van der Waals surface area contributed by atoms with E-state index in [1.165, 1.54) is 5.56 Å². The van der Waals surface area contributed by atoms with Crippen LogP contribution in [0.25, 0.3) is 0 Å². The number of nitrogens with zero attached hydrogens (tertiary/aromatic N) is 3. The Morgan fingerprint density at radius 3 is 2.53 bits per heavy atom. The van der Waals surface area contributed by atoms with Gasteiger partial charge in [-0.2, -0.15) is 0 Å². The fourth-order valence-corrected chi connectivity index (χ4v) is 3.39. The molecule has 1 aliphatic rings. The molecule has 0 unspecified atom stereocenters. The van der Waals surface area contributed by atoms with Crippen LogP contribution in [0.2, 0.25) is 0 Å².